The number of nitrogens with zero attached hydrogens (tertiary/aromatic N) is 1. The highest BCUT2D eigenvalue weighted by molar-refractivity contribution is 9.10. The molecular formula is C19H17BrN2O3S. The fraction of sp³-hybridized carbons (Fsp3) is 0.158. The Morgan fingerprint density at radius 1 is 1.15 bits per heavy atom. The van der Waals surface area contributed by atoms with Crippen LogP contribution in [-0.4, -0.2) is 25.1 Å². The molecule has 0 fully saturated rings. The Bertz CT molecular complexity index is 956. The van der Waals surface area contributed by atoms with E-state index in [9.17, 15) is 4.79 Å². The van der Waals surface area contributed by atoms with E-state index in [-0.39, 0.29) is 5.91 Å². The molecular weight excluding hydrogens is 416 g/mol. The van der Waals surface area contributed by atoms with Gasteiger partial charge < -0.3 is 9.47 Å². The topological polar surface area (TPSA) is 60.5 Å². The minimum absolute atomic E-state index is 0.204. The number of anilines is 1. The largest absolute Gasteiger partial charge is 0.497 e. The molecule has 3 aromatic rings. The van der Waals surface area contributed by atoms with E-state index < -0.39 is 0 Å². The van der Waals surface area contributed by atoms with Crippen molar-refractivity contribution in [3.05, 3.63) is 57.4 Å². The van der Waals surface area contributed by atoms with Crippen LogP contribution in [0.25, 0.3) is 11.3 Å². The SMILES string of the molecule is COc1ccc(OC)c(-c2nc(NC(=O)c3cccc(Br)c3)sc2C)c1. The summed E-state index contributed by atoms with van der Waals surface area (Å²) in [6.07, 6.45) is 0. The average molecular weight is 433 g/mol. The molecule has 0 aliphatic rings. The van der Waals surface area contributed by atoms with Crippen LogP contribution in [0.4, 0.5) is 5.13 Å². The Kier molecular flexibility index (Phi) is 5.58. The summed E-state index contributed by atoms with van der Waals surface area (Å²) < 4.78 is 11.6. The van der Waals surface area contributed by atoms with Crippen molar-refractivity contribution in [3.8, 4) is 22.8 Å². The van der Waals surface area contributed by atoms with E-state index in [1.54, 1.807) is 26.4 Å². The Balaban J connectivity index is 1.91. The standard InChI is InChI=1S/C19H17BrN2O3S/c1-11-17(15-10-14(24-2)7-8-16(15)25-3)21-19(26-11)22-18(23)12-5-4-6-13(20)9-12/h4-10H,1-3H3,(H,21,22,23). The predicted octanol–water partition coefficient (Wildman–Crippen LogP) is 5.15. The molecule has 0 radical (unpaired) electrons. The normalized spacial score (nSPS) is 10.5. The minimum Gasteiger partial charge on any atom is -0.497 e. The molecule has 1 heterocycles. The number of hydrogen-bond acceptors (Lipinski definition) is 5. The number of hydrogen-bond donors (Lipinski definition) is 1. The molecule has 0 saturated heterocycles. The van der Waals surface area contributed by atoms with Crippen molar-refractivity contribution in [2.75, 3.05) is 19.5 Å². The van der Waals surface area contributed by atoms with E-state index in [0.29, 0.717) is 22.2 Å². The molecule has 3 rings (SSSR count). The van der Waals surface area contributed by atoms with Gasteiger partial charge in [-0.15, -0.1) is 11.3 Å². The van der Waals surface area contributed by atoms with Crippen molar-refractivity contribution < 1.29 is 14.3 Å². The molecule has 0 atom stereocenters. The Labute approximate surface area is 164 Å². The Morgan fingerprint density at radius 2 is 1.96 bits per heavy atom. The number of aryl methyl sites for hydroxylation is 1. The van der Waals surface area contributed by atoms with Gasteiger partial charge in [0.1, 0.15) is 11.5 Å². The van der Waals surface area contributed by atoms with Crippen LogP contribution in [0.2, 0.25) is 0 Å². The van der Waals surface area contributed by atoms with Gasteiger partial charge in [-0.2, -0.15) is 0 Å². The first-order valence-corrected chi connectivity index (χ1v) is 9.39. The molecule has 134 valence electrons. The first-order chi connectivity index (χ1) is 12.5. The minimum atomic E-state index is -0.204. The van der Waals surface area contributed by atoms with E-state index in [1.807, 2.05) is 37.3 Å². The van der Waals surface area contributed by atoms with Gasteiger partial charge in [-0.25, -0.2) is 4.98 Å². The fourth-order valence-electron chi connectivity index (χ4n) is 2.50. The summed E-state index contributed by atoms with van der Waals surface area (Å²) >= 11 is 4.79. The highest BCUT2D eigenvalue weighted by atomic mass is 79.9. The summed E-state index contributed by atoms with van der Waals surface area (Å²) in [5.74, 6) is 1.21. The van der Waals surface area contributed by atoms with Gasteiger partial charge in [-0.05, 0) is 43.3 Å². The number of methoxy groups -OCH3 is 2. The fourth-order valence-corrected chi connectivity index (χ4v) is 3.72. The summed E-state index contributed by atoms with van der Waals surface area (Å²) in [5.41, 5.74) is 2.14. The molecule has 5 nitrogen and oxygen atoms in total. The lowest BCUT2D eigenvalue weighted by molar-refractivity contribution is 0.102. The van der Waals surface area contributed by atoms with Gasteiger partial charge in [-0.1, -0.05) is 22.0 Å². The molecule has 7 heteroatoms. The van der Waals surface area contributed by atoms with E-state index in [0.717, 1.165) is 20.6 Å². The quantitative estimate of drug-likeness (QED) is 0.605. The van der Waals surface area contributed by atoms with Crippen LogP contribution < -0.4 is 14.8 Å². The van der Waals surface area contributed by atoms with Gasteiger partial charge in [-0.3, -0.25) is 10.1 Å². The lowest BCUT2D eigenvalue weighted by Gasteiger charge is -2.09. The summed E-state index contributed by atoms with van der Waals surface area (Å²) in [4.78, 5) is 18.0. The first-order valence-electron chi connectivity index (χ1n) is 7.78. The van der Waals surface area contributed by atoms with E-state index in [1.165, 1.54) is 11.3 Å². The van der Waals surface area contributed by atoms with Gasteiger partial charge in [0.2, 0.25) is 0 Å². The second kappa shape index (κ2) is 7.88. The van der Waals surface area contributed by atoms with Crippen LogP contribution in [0.1, 0.15) is 15.2 Å². The molecule has 1 amide bonds. The molecule has 0 unspecified atom stereocenters. The summed E-state index contributed by atoms with van der Waals surface area (Å²) in [7, 11) is 3.23. The lowest BCUT2D eigenvalue weighted by Crippen LogP contribution is -2.11. The highest BCUT2D eigenvalue weighted by Gasteiger charge is 2.17. The number of thiazole rings is 1. The number of nitrogens with one attached hydrogen (secondary N) is 1. The van der Waals surface area contributed by atoms with E-state index in [4.69, 9.17) is 9.47 Å². The zero-order chi connectivity index (χ0) is 18.7. The molecule has 1 N–H and O–H groups in total. The molecule has 2 aromatic carbocycles. The summed E-state index contributed by atoms with van der Waals surface area (Å²) in [5, 5.41) is 3.39. The maximum absolute atomic E-state index is 12.4. The van der Waals surface area contributed by atoms with Gasteiger partial charge in [0, 0.05) is 20.5 Å². The number of amides is 1. The zero-order valence-electron chi connectivity index (χ0n) is 14.5. The van der Waals surface area contributed by atoms with Gasteiger partial charge >= 0.3 is 0 Å². The summed E-state index contributed by atoms with van der Waals surface area (Å²) in [6.45, 7) is 1.96. The predicted molar refractivity (Wildman–Crippen MR) is 107 cm³/mol. The van der Waals surface area contributed by atoms with Gasteiger partial charge in [0.15, 0.2) is 5.13 Å². The number of ether oxygens (including phenoxy) is 2. The molecule has 0 spiro atoms. The number of carbonyl (C=O) groups is 1. The average Bonchev–Trinajstić information content (AvgIpc) is 3.01. The number of halogens is 1. The monoisotopic (exact) mass is 432 g/mol. The number of benzene rings is 2. The third kappa shape index (κ3) is 3.89. The Morgan fingerprint density at radius 3 is 2.65 bits per heavy atom. The molecule has 0 aliphatic carbocycles. The number of aromatic nitrogens is 1. The van der Waals surface area contributed by atoms with Crippen LogP contribution in [0.3, 0.4) is 0 Å². The van der Waals surface area contributed by atoms with Crippen LogP contribution in [0.5, 0.6) is 11.5 Å². The van der Waals surface area contributed by atoms with Crippen molar-refractivity contribution in [1.82, 2.24) is 4.98 Å². The second-order valence-corrected chi connectivity index (χ2v) is 7.57. The van der Waals surface area contributed by atoms with Crippen LogP contribution in [0, 0.1) is 6.92 Å². The number of rotatable bonds is 5. The van der Waals surface area contributed by atoms with E-state index >= 15 is 0 Å². The molecule has 0 bridgehead atoms. The van der Waals surface area contributed by atoms with Crippen molar-refractivity contribution in [1.29, 1.82) is 0 Å². The lowest BCUT2D eigenvalue weighted by atomic mass is 10.1. The smallest absolute Gasteiger partial charge is 0.257 e. The number of carbonyl (C=O) groups excluding carboxylic acids is 1. The van der Waals surface area contributed by atoms with Crippen LogP contribution in [0.15, 0.2) is 46.9 Å². The van der Waals surface area contributed by atoms with Crippen LogP contribution in [-0.2, 0) is 0 Å². The Hall–Kier alpha value is -2.38. The van der Waals surface area contributed by atoms with Crippen molar-refractivity contribution in [2.45, 2.75) is 6.92 Å². The van der Waals surface area contributed by atoms with Gasteiger partial charge in [0.25, 0.3) is 5.91 Å². The molecule has 26 heavy (non-hydrogen) atoms. The molecule has 1 aromatic heterocycles. The highest BCUT2D eigenvalue weighted by Crippen LogP contribution is 2.38. The molecule has 0 aliphatic heterocycles. The summed E-state index contributed by atoms with van der Waals surface area (Å²) in [6, 6.07) is 12.8. The second-order valence-electron chi connectivity index (χ2n) is 5.45. The zero-order valence-corrected chi connectivity index (χ0v) is 16.9. The van der Waals surface area contributed by atoms with Crippen molar-refractivity contribution in [2.24, 2.45) is 0 Å². The van der Waals surface area contributed by atoms with Gasteiger partial charge in [0.05, 0.1) is 19.9 Å². The first kappa shape index (κ1) is 18.4. The third-order valence-electron chi connectivity index (χ3n) is 3.77. The van der Waals surface area contributed by atoms with Crippen molar-refractivity contribution in [3.63, 3.8) is 0 Å². The van der Waals surface area contributed by atoms with Crippen LogP contribution >= 0.6 is 27.3 Å². The van der Waals surface area contributed by atoms with Crippen molar-refractivity contribution >= 4 is 38.3 Å². The van der Waals surface area contributed by atoms with E-state index in [2.05, 4.69) is 26.2 Å². The molecule has 0 saturated carbocycles. The maximum Gasteiger partial charge on any atom is 0.257 e. The maximum atomic E-state index is 12.4. The third-order valence-corrected chi connectivity index (χ3v) is 5.15.